The SMILES string of the molecule is CCO[Si](C)(CCCC(O)NC(C)CC)OCC. The lowest BCUT2D eigenvalue weighted by Crippen LogP contribution is -2.40. The van der Waals surface area contributed by atoms with E-state index in [0.717, 1.165) is 25.3 Å². The molecule has 2 N–H and O–H groups in total. The average molecular weight is 277 g/mol. The molecule has 18 heavy (non-hydrogen) atoms. The van der Waals surface area contributed by atoms with Crippen molar-refractivity contribution in [3.63, 3.8) is 0 Å². The molecule has 0 amide bonds. The second kappa shape index (κ2) is 9.92. The van der Waals surface area contributed by atoms with Crippen molar-refractivity contribution in [3.8, 4) is 0 Å². The number of nitrogens with one attached hydrogen (secondary N) is 1. The van der Waals surface area contributed by atoms with E-state index < -0.39 is 14.8 Å². The molecule has 0 spiro atoms. The van der Waals surface area contributed by atoms with Crippen LogP contribution in [0.2, 0.25) is 12.6 Å². The van der Waals surface area contributed by atoms with Gasteiger partial charge in [0.2, 0.25) is 0 Å². The molecule has 110 valence electrons. The first-order valence-electron chi connectivity index (χ1n) is 7.19. The van der Waals surface area contributed by atoms with E-state index >= 15 is 0 Å². The minimum Gasteiger partial charge on any atom is -0.395 e. The molecule has 0 aromatic rings. The van der Waals surface area contributed by atoms with Crippen LogP contribution in [0.25, 0.3) is 0 Å². The summed E-state index contributed by atoms with van der Waals surface area (Å²) < 4.78 is 11.5. The van der Waals surface area contributed by atoms with Crippen molar-refractivity contribution < 1.29 is 14.0 Å². The van der Waals surface area contributed by atoms with Gasteiger partial charge in [-0.05, 0) is 52.6 Å². The van der Waals surface area contributed by atoms with E-state index in [9.17, 15) is 5.11 Å². The van der Waals surface area contributed by atoms with Crippen molar-refractivity contribution in [1.29, 1.82) is 0 Å². The molecule has 0 rings (SSSR count). The Hall–Kier alpha value is 0.0569. The van der Waals surface area contributed by atoms with Crippen molar-refractivity contribution in [2.24, 2.45) is 0 Å². The zero-order chi connectivity index (χ0) is 14.0. The predicted molar refractivity (Wildman–Crippen MR) is 77.8 cm³/mol. The second-order valence-electron chi connectivity index (χ2n) is 4.88. The Labute approximate surface area is 113 Å². The van der Waals surface area contributed by atoms with E-state index in [1.807, 2.05) is 13.8 Å². The summed E-state index contributed by atoms with van der Waals surface area (Å²) in [6, 6.07) is 1.30. The van der Waals surface area contributed by atoms with Crippen LogP contribution >= 0.6 is 0 Å². The van der Waals surface area contributed by atoms with Crippen molar-refractivity contribution in [2.45, 2.75) is 71.8 Å². The third-order valence-corrected chi connectivity index (χ3v) is 6.16. The van der Waals surface area contributed by atoms with Gasteiger partial charge in [0.25, 0.3) is 0 Å². The first-order valence-corrected chi connectivity index (χ1v) is 9.71. The maximum atomic E-state index is 9.83. The van der Waals surface area contributed by atoms with Crippen LogP contribution in [-0.2, 0) is 8.85 Å². The molecule has 0 aromatic heterocycles. The zero-order valence-electron chi connectivity index (χ0n) is 12.7. The van der Waals surface area contributed by atoms with Crippen molar-refractivity contribution in [2.75, 3.05) is 13.2 Å². The van der Waals surface area contributed by atoms with E-state index in [1.54, 1.807) is 0 Å². The average Bonchev–Trinajstić information content (AvgIpc) is 2.29. The number of aliphatic hydroxyl groups excluding tert-OH is 1. The Morgan fingerprint density at radius 3 is 2.17 bits per heavy atom. The molecule has 0 aliphatic rings. The molecule has 0 aliphatic heterocycles. The normalized spacial score (nSPS) is 15.7. The Balaban J connectivity index is 3.91. The maximum Gasteiger partial charge on any atom is 0.334 e. The lowest BCUT2D eigenvalue weighted by molar-refractivity contribution is 0.112. The largest absolute Gasteiger partial charge is 0.395 e. The summed E-state index contributed by atoms with van der Waals surface area (Å²) in [5, 5.41) is 13.0. The maximum absolute atomic E-state index is 9.83. The highest BCUT2D eigenvalue weighted by Crippen LogP contribution is 2.17. The lowest BCUT2D eigenvalue weighted by Gasteiger charge is -2.26. The van der Waals surface area contributed by atoms with E-state index in [2.05, 4.69) is 25.7 Å². The smallest absolute Gasteiger partial charge is 0.334 e. The summed E-state index contributed by atoms with van der Waals surface area (Å²) in [6.07, 6.45) is 2.31. The highest BCUT2D eigenvalue weighted by atomic mass is 28.4. The zero-order valence-corrected chi connectivity index (χ0v) is 13.7. The Bertz CT molecular complexity index is 199. The molecular weight excluding hydrogens is 246 g/mol. The van der Waals surface area contributed by atoms with Gasteiger partial charge in [-0.1, -0.05) is 6.92 Å². The van der Waals surface area contributed by atoms with Gasteiger partial charge in [0.15, 0.2) is 0 Å². The van der Waals surface area contributed by atoms with Gasteiger partial charge < -0.3 is 14.0 Å². The van der Waals surface area contributed by atoms with Crippen molar-refractivity contribution in [3.05, 3.63) is 0 Å². The van der Waals surface area contributed by atoms with Crippen LogP contribution in [0, 0.1) is 0 Å². The Morgan fingerprint density at radius 2 is 1.72 bits per heavy atom. The van der Waals surface area contributed by atoms with Gasteiger partial charge in [0, 0.05) is 19.3 Å². The molecule has 0 fully saturated rings. The minimum atomic E-state index is -2.00. The fraction of sp³-hybridized carbons (Fsp3) is 1.00. The number of rotatable bonds is 11. The topological polar surface area (TPSA) is 50.7 Å². The van der Waals surface area contributed by atoms with Crippen LogP contribution in [0.3, 0.4) is 0 Å². The molecule has 0 saturated heterocycles. The van der Waals surface area contributed by atoms with Crippen LogP contribution in [0.4, 0.5) is 0 Å². The van der Waals surface area contributed by atoms with E-state index in [-0.39, 0.29) is 0 Å². The Kier molecular flexibility index (Phi) is 9.95. The summed E-state index contributed by atoms with van der Waals surface area (Å²) in [7, 11) is -2.00. The number of aliphatic hydroxyl groups is 1. The summed E-state index contributed by atoms with van der Waals surface area (Å²) in [4.78, 5) is 0. The lowest BCUT2D eigenvalue weighted by atomic mass is 10.2. The number of hydrogen-bond donors (Lipinski definition) is 2. The minimum absolute atomic E-state index is 0.363. The molecular formula is C13H31NO3Si. The van der Waals surface area contributed by atoms with Gasteiger partial charge in [0.1, 0.15) is 6.23 Å². The van der Waals surface area contributed by atoms with E-state index in [1.165, 1.54) is 0 Å². The first kappa shape index (κ1) is 18.1. The van der Waals surface area contributed by atoms with Gasteiger partial charge in [-0.3, -0.25) is 5.32 Å². The fourth-order valence-electron chi connectivity index (χ4n) is 1.94. The van der Waals surface area contributed by atoms with Gasteiger partial charge in [-0.2, -0.15) is 0 Å². The van der Waals surface area contributed by atoms with Gasteiger partial charge in [-0.25, -0.2) is 0 Å². The first-order chi connectivity index (χ1) is 8.47. The van der Waals surface area contributed by atoms with Gasteiger partial charge in [-0.15, -0.1) is 0 Å². The molecule has 5 heteroatoms. The van der Waals surface area contributed by atoms with Crippen LogP contribution in [0.1, 0.15) is 47.0 Å². The molecule has 0 bridgehead atoms. The van der Waals surface area contributed by atoms with Crippen LogP contribution in [0.15, 0.2) is 0 Å². The number of hydrogen-bond acceptors (Lipinski definition) is 4. The van der Waals surface area contributed by atoms with E-state index in [4.69, 9.17) is 8.85 Å². The van der Waals surface area contributed by atoms with Crippen LogP contribution in [-0.4, -0.2) is 39.2 Å². The van der Waals surface area contributed by atoms with Crippen molar-refractivity contribution in [1.82, 2.24) is 5.32 Å². The second-order valence-corrected chi connectivity index (χ2v) is 8.23. The molecule has 2 atom stereocenters. The molecule has 0 radical (unpaired) electrons. The summed E-state index contributed by atoms with van der Waals surface area (Å²) in [5.41, 5.74) is 0. The summed E-state index contributed by atoms with van der Waals surface area (Å²) >= 11 is 0. The fourth-order valence-corrected chi connectivity index (χ4v) is 4.38. The summed E-state index contributed by atoms with van der Waals surface area (Å²) in [6.45, 7) is 11.7. The third-order valence-electron chi connectivity index (χ3n) is 3.10. The predicted octanol–water partition coefficient (Wildman–Crippen LogP) is 2.62. The van der Waals surface area contributed by atoms with E-state index in [0.29, 0.717) is 19.3 Å². The Morgan fingerprint density at radius 1 is 1.17 bits per heavy atom. The molecule has 4 nitrogen and oxygen atoms in total. The molecule has 0 aromatic carbocycles. The van der Waals surface area contributed by atoms with Gasteiger partial charge in [0.05, 0.1) is 0 Å². The molecule has 2 unspecified atom stereocenters. The highest BCUT2D eigenvalue weighted by Gasteiger charge is 2.30. The van der Waals surface area contributed by atoms with Gasteiger partial charge >= 0.3 is 8.56 Å². The van der Waals surface area contributed by atoms with Crippen LogP contribution < -0.4 is 5.32 Å². The standard InChI is InChI=1S/C13H31NO3Si/c1-6-12(4)14-13(15)10-9-11-18(5,16-7-2)17-8-3/h12-15H,6-11H2,1-5H3. The van der Waals surface area contributed by atoms with Crippen molar-refractivity contribution >= 4 is 8.56 Å². The third kappa shape index (κ3) is 8.21. The quantitative estimate of drug-likeness (QED) is 0.450. The highest BCUT2D eigenvalue weighted by molar-refractivity contribution is 6.66. The van der Waals surface area contributed by atoms with Crippen LogP contribution in [0.5, 0.6) is 0 Å². The molecule has 0 saturated carbocycles. The monoisotopic (exact) mass is 277 g/mol. The molecule has 0 heterocycles. The summed E-state index contributed by atoms with van der Waals surface area (Å²) in [5.74, 6) is 0. The molecule has 0 aliphatic carbocycles.